The van der Waals surface area contributed by atoms with Gasteiger partial charge in [-0.15, -0.1) is 0 Å². The third kappa shape index (κ3) is 2.28. The van der Waals surface area contributed by atoms with E-state index in [-0.39, 0.29) is 10.9 Å². The van der Waals surface area contributed by atoms with E-state index < -0.39 is 29.5 Å². The summed E-state index contributed by atoms with van der Waals surface area (Å²) in [5.74, 6) is -3.07. The van der Waals surface area contributed by atoms with Gasteiger partial charge in [-0.3, -0.25) is 4.98 Å². The number of pyridine rings is 1. The van der Waals surface area contributed by atoms with Gasteiger partial charge in [-0.25, -0.2) is 18.0 Å². The Morgan fingerprint density at radius 3 is 2.60 bits per heavy atom. The summed E-state index contributed by atoms with van der Waals surface area (Å²) in [4.78, 5) is 13.8. The molecule has 0 aromatic carbocycles. The maximum absolute atomic E-state index is 13.3. The van der Waals surface area contributed by atoms with E-state index in [0.29, 0.717) is 0 Å². The number of rotatable bonds is 3. The van der Waals surface area contributed by atoms with Gasteiger partial charge in [0.05, 0.1) is 0 Å². The lowest BCUT2D eigenvalue weighted by Gasteiger charge is -2.07. The van der Waals surface area contributed by atoms with Crippen LogP contribution in [-0.4, -0.2) is 16.1 Å². The molecule has 1 aromatic heterocycles. The van der Waals surface area contributed by atoms with E-state index in [1.54, 1.807) is 0 Å². The van der Waals surface area contributed by atoms with Crippen molar-refractivity contribution in [2.75, 3.05) is 0 Å². The molecule has 1 aromatic rings. The molecule has 0 spiro atoms. The van der Waals surface area contributed by atoms with Gasteiger partial charge in [-0.2, -0.15) is 0 Å². The molecular weight excluding hydrogens is 279 g/mol. The molecule has 0 aliphatic rings. The summed E-state index contributed by atoms with van der Waals surface area (Å²) in [6.07, 6.45) is -2.21. The minimum atomic E-state index is -3.13. The topological polar surface area (TPSA) is 50.2 Å². The number of hydrogen-bond acceptors (Lipinski definition) is 2. The minimum absolute atomic E-state index is 0.0180. The highest BCUT2D eigenvalue weighted by Crippen LogP contribution is 2.25. The monoisotopic (exact) mass is 283 g/mol. The highest BCUT2D eigenvalue weighted by molar-refractivity contribution is 9.08. The van der Waals surface area contributed by atoms with Gasteiger partial charge in [0.15, 0.2) is 5.82 Å². The molecule has 3 nitrogen and oxygen atoms in total. The van der Waals surface area contributed by atoms with E-state index in [4.69, 9.17) is 5.11 Å². The van der Waals surface area contributed by atoms with Crippen molar-refractivity contribution in [1.29, 1.82) is 0 Å². The first-order chi connectivity index (χ1) is 6.99. The molecule has 7 heteroatoms. The number of carboxylic acids is 1. The number of aromatic nitrogens is 1. The van der Waals surface area contributed by atoms with Crippen molar-refractivity contribution in [3.8, 4) is 0 Å². The zero-order valence-corrected chi connectivity index (χ0v) is 8.76. The van der Waals surface area contributed by atoms with Crippen LogP contribution in [0.1, 0.15) is 28.0 Å². The maximum Gasteiger partial charge on any atom is 0.339 e. The first-order valence-electron chi connectivity index (χ1n) is 3.73. The van der Waals surface area contributed by atoms with E-state index in [2.05, 4.69) is 20.9 Å². The number of nitrogens with zero attached hydrogens (tertiary/aromatic N) is 1. The van der Waals surface area contributed by atoms with Crippen molar-refractivity contribution in [3.63, 3.8) is 0 Å². The summed E-state index contributed by atoms with van der Waals surface area (Å²) in [5, 5.41) is 8.68. The fourth-order valence-corrected chi connectivity index (χ4v) is 1.45. The second-order valence-corrected chi connectivity index (χ2v) is 3.16. The molecule has 0 fully saturated rings. The highest BCUT2D eigenvalue weighted by atomic mass is 79.9. The molecule has 0 amide bonds. The molecule has 15 heavy (non-hydrogen) atoms. The van der Waals surface area contributed by atoms with Crippen molar-refractivity contribution in [2.24, 2.45) is 0 Å². The van der Waals surface area contributed by atoms with Crippen LogP contribution in [0, 0.1) is 5.82 Å². The van der Waals surface area contributed by atoms with Crippen molar-refractivity contribution >= 4 is 21.9 Å². The lowest BCUT2D eigenvalue weighted by Crippen LogP contribution is -2.10. The Bertz CT molecular complexity index is 398. The number of alkyl halides is 3. The van der Waals surface area contributed by atoms with Crippen LogP contribution in [0.25, 0.3) is 0 Å². The number of carboxylic acid groups (broad SMARTS) is 1. The van der Waals surface area contributed by atoms with E-state index in [0.717, 1.165) is 6.20 Å². The third-order valence-electron chi connectivity index (χ3n) is 1.69. The molecule has 0 aliphatic heterocycles. The van der Waals surface area contributed by atoms with Crippen LogP contribution in [-0.2, 0) is 5.33 Å². The average molecular weight is 284 g/mol. The molecule has 0 atom stereocenters. The number of hydrogen-bond donors (Lipinski definition) is 1. The van der Waals surface area contributed by atoms with Gasteiger partial charge < -0.3 is 5.11 Å². The second kappa shape index (κ2) is 4.61. The Kier molecular flexibility index (Phi) is 3.67. The molecule has 0 radical (unpaired) electrons. The SMILES string of the molecule is O=C(O)c1c(CBr)cnc(C(F)F)c1F. The van der Waals surface area contributed by atoms with Gasteiger partial charge in [0.1, 0.15) is 11.3 Å². The summed E-state index contributed by atoms with van der Waals surface area (Å²) < 4.78 is 37.7. The molecule has 0 aliphatic carbocycles. The number of carbonyl (C=O) groups is 1. The molecule has 1 heterocycles. The van der Waals surface area contributed by atoms with Crippen molar-refractivity contribution in [2.45, 2.75) is 11.8 Å². The summed E-state index contributed by atoms with van der Waals surface area (Å²) in [7, 11) is 0. The third-order valence-corrected chi connectivity index (χ3v) is 2.29. The lowest BCUT2D eigenvalue weighted by atomic mass is 10.1. The molecule has 0 unspecified atom stereocenters. The van der Waals surface area contributed by atoms with Gasteiger partial charge in [0.2, 0.25) is 0 Å². The Balaban J connectivity index is 3.42. The zero-order chi connectivity index (χ0) is 11.6. The van der Waals surface area contributed by atoms with E-state index in [1.807, 2.05) is 0 Å². The Morgan fingerprint density at radius 1 is 1.60 bits per heavy atom. The normalized spacial score (nSPS) is 10.7. The highest BCUT2D eigenvalue weighted by Gasteiger charge is 2.24. The van der Waals surface area contributed by atoms with Crippen molar-refractivity contribution in [1.82, 2.24) is 4.98 Å². The quantitative estimate of drug-likeness (QED) is 0.868. The summed E-state index contributed by atoms with van der Waals surface area (Å²) in [6.45, 7) is 0. The first kappa shape index (κ1) is 12.0. The smallest absolute Gasteiger partial charge is 0.339 e. The molecule has 0 saturated carbocycles. The van der Waals surface area contributed by atoms with Crippen LogP contribution in [0.2, 0.25) is 0 Å². The fourth-order valence-electron chi connectivity index (χ4n) is 1.02. The van der Waals surface area contributed by atoms with Crippen LogP contribution in [0.3, 0.4) is 0 Å². The van der Waals surface area contributed by atoms with Gasteiger partial charge in [0.25, 0.3) is 6.43 Å². The number of aromatic carboxylic acids is 1. The van der Waals surface area contributed by atoms with E-state index in [1.165, 1.54) is 0 Å². The molecule has 1 N–H and O–H groups in total. The molecule has 1 rings (SSSR count). The fraction of sp³-hybridized carbons (Fsp3) is 0.250. The van der Waals surface area contributed by atoms with Gasteiger partial charge in [-0.05, 0) is 5.56 Å². The predicted octanol–water partition coefficient (Wildman–Crippen LogP) is 2.75. The Morgan fingerprint density at radius 2 is 2.20 bits per heavy atom. The molecule has 82 valence electrons. The standard InChI is InChI=1S/C8H5BrF3NO2/c9-1-3-2-13-6(7(11)12)5(10)4(3)8(14)15/h2,7H,1H2,(H,14,15). The minimum Gasteiger partial charge on any atom is -0.478 e. The number of halogens is 4. The Labute approximate surface area is 91.1 Å². The predicted molar refractivity (Wildman–Crippen MR) is 48.7 cm³/mol. The van der Waals surface area contributed by atoms with Crippen LogP contribution in [0.5, 0.6) is 0 Å². The van der Waals surface area contributed by atoms with Crippen molar-refractivity contribution < 1.29 is 23.1 Å². The molecule has 0 bridgehead atoms. The molecular formula is C8H5BrF3NO2. The molecule has 0 saturated heterocycles. The largest absolute Gasteiger partial charge is 0.478 e. The zero-order valence-electron chi connectivity index (χ0n) is 7.18. The van der Waals surface area contributed by atoms with Crippen LogP contribution in [0.4, 0.5) is 13.2 Å². The summed E-state index contributed by atoms with van der Waals surface area (Å²) in [5.41, 5.74) is -1.89. The van der Waals surface area contributed by atoms with E-state index >= 15 is 0 Å². The average Bonchev–Trinajstić information content (AvgIpc) is 2.15. The summed E-state index contributed by atoms with van der Waals surface area (Å²) in [6, 6.07) is 0. The van der Waals surface area contributed by atoms with Crippen LogP contribution >= 0.6 is 15.9 Å². The maximum atomic E-state index is 13.3. The van der Waals surface area contributed by atoms with Crippen LogP contribution < -0.4 is 0 Å². The van der Waals surface area contributed by atoms with Crippen LogP contribution in [0.15, 0.2) is 6.20 Å². The second-order valence-electron chi connectivity index (χ2n) is 2.60. The Hall–Kier alpha value is -1.11. The van der Waals surface area contributed by atoms with Crippen molar-refractivity contribution in [3.05, 3.63) is 28.8 Å². The van der Waals surface area contributed by atoms with E-state index in [9.17, 15) is 18.0 Å². The van der Waals surface area contributed by atoms with Gasteiger partial charge in [0, 0.05) is 11.5 Å². The lowest BCUT2D eigenvalue weighted by molar-refractivity contribution is 0.0688. The van der Waals surface area contributed by atoms with Gasteiger partial charge >= 0.3 is 5.97 Å². The summed E-state index contributed by atoms with van der Waals surface area (Å²) >= 11 is 2.91. The van der Waals surface area contributed by atoms with Gasteiger partial charge in [-0.1, -0.05) is 15.9 Å². The first-order valence-corrected chi connectivity index (χ1v) is 4.85.